The molecule has 0 saturated carbocycles. The van der Waals surface area contributed by atoms with Crippen LogP contribution in [0.4, 0.5) is 4.39 Å². The molecule has 1 unspecified atom stereocenters. The van der Waals surface area contributed by atoms with E-state index in [1.165, 1.54) is 6.07 Å². The Balaban J connectivity index is 2.59. The van der Waals surface area contributed by atoms with Crippen molar-refractivity contribution in [1.82, 2.24) is 5.32 Å². The number of ether oxygens (including phenoxy) is 1. The Labute approximate surface area is 107 Å². The van der Waals surface area contributed by atoms with Gasteiger partial charge < -0.3 is 10.1 Å². The molecule has 0 aliphatic rings. The van der Waals surface area contributed by atoms with Gasteiger partial charge >= 0.3 is 0 Å². The molecule has 1 rings (SSSR count). The third-order valence-electron chi connectivity index (χ3n) is 2.67. The smallest absolute Gasteiger partial charge is 0.129 e. The maximum Gasteiger partial charge on any atom is 0.129 e. The van der Waals surface area contributed by atoms with Crippen LogP contribution in [0.3, 0.4) is 0 Å². The Kier molecular flexibility index (Phi) is 6.48. The van der Waals surface area contributed by atoms with Crippen LogP contribution in [0, 0.1) is 5.82 Å². The first kappa shape index (κ1) is 14.4. The van der Waals surface area contributed by atoms with Crippen LogP contribution in [0.2, 0.25) is 5.02 Å². The molecule has 2 nitrogen and oxygen atoms in total. The van der Waals surface area contributed by atoms with Crippen molar-refractivity contribution in [2.45, 2.75) is 25.8 Å². The van der Waals surface area contributed by atoms with Gasteiger partial charge in [0.05, 0.1) is 0 Å². The molecule has 0 bridgehead atoms. The van der Waals surface area contributed by atoms with E-state index in [4.69, 9.17) is 16.3 Å². The summed E-state index contributed by atoms with van der Waals surface area (Å²) in [5.74, 6) is -0.256. The minimum atomic E-state index is -0.256. The second-order valence-electron chi connectivity index (χ2n) is 3.85. The minimum Gasteiger partial charge on any atom is -0.382 e. The number of halogens is 2. The first-order chi connectivity index (χ1) is 8.19. The molecule has 0 radical (unpaired) electrons. The highest BCUT2D eigenvalue weighted by Crippen LogP contribution is 2.23. The van der Waals surface area contributed by atoms with Crippen LogP contribution >= 0.6 is 11.6 Å². The zero-order valence-corrected chi connectivity index (χ0v) is 11.1. The summed E-state index contributed by atoms with van der Waals surface area (Å²) < 4.78 is 19.0. The number of hydrogen-bond donors (Lipinski definition) is 1. The van der Waals surface area contributed by atoms with Crippen molar-refractivity contribution in [2.24, 2.45) is 0 Å². The highest BCUT2D eigenvalue weighted by molar-refractivity contribution is 6.30. The van der Waals surface area contributed by atoms with Crippen molar-refractivity contribution in [1.29, 1.82) is 0 Å². The third kappa shape index (κ3) is 4.62. The molecule has 4 heteroatoms. The molecule has 1 atom stereocenters. The lowest BCUT2D eigenvalue weighted by molar-refractivity contribution is 0.141. The maximum atomic E-state index is 13.7. The molecule has 17 heavy (non-hydrogen) atoms. The summed E-state index contributed by atoms with van der Waals surface area (Å²) in [6, 6.07) is 4.81. The van der Waals surface area contributed by atoms with Crippen LogP contribution in [-0.4, -0.2) is 20.3 Å². The van der Waals surface area contributed by atoms with E-state index in [2.05, 4.69) is 5.32 Å². The Hall–Kier alpha value is -0.640. The second kappa shape index (κ2) is 7.64. The van der Waals surface area contributed by atoms with Crippen molar-refractivity contribution in [3.8, 4) is 0 Å². The maximum absolute atomic E-state index is 13.7. The van der Waals surface area contributed by atoms with Crippen LogP contribution in [-0.2, 0) is 4.74 Å². The van der Waals surface area contributed by atoms with E-state index >= 15 is 0 Å². The van der Waals surface area contributed by atoms with Crippen molar-refractivity contribution < 1.29 is 9.13 Å². The molecule has 1 N–H and O–H groups in total. The van der Waals surface area contributed by atoms with E-state index < -0.39 is 0 Å². The molecule has 0 aliphatic heterocycles. The lowest BCUT2D eigenvalue weighted by Gasteiger charge is -2.17. The normalized spacial score (nSPS) is 12.7. The molecule has 96 valence electrons. The summed E-state index contributed by atoms with van der Waals surface area (Å²) in [6.45, 7) is 3.40. The molecule has 0 aliphatic carbocycles. The molecular formula is C13H19ClFNO. The summed E-state index contributed by atoms with van der Waals surface area (Å²) >= 11 is 5.73. The van der Waals surface area contributed by atoms with Crippen LogP contribution in [0.15, 0.2) is 18.2 Å². The van der Waals surface area contributed by atoms with Gasteiger partial charge in [0.2, 0.25) is 0 Å². The largest absolute Gasteiger partial charge is 0.382 e. The monoisotopic (exact) mass is 259 g/mol. The lowest BCUT2D eigenvalue weighted by Crippen LogP contribution is -2.18. The number of nitrogens with one attached hydrogen (secondary N) is 1. The quantitative estimate of drug-likeness (QED) is 0.756. The zero-order chi connectivity index (χ0) is 12.7. The predicted molar refractivity (Wildman–Crippen MR) is 68.9 cm³/mol. The van der Waals surface area contributed by atoms with Gasteiger partial charge in [-0.05, 0) is 38.9 Å². The molecule has 0 saturated heterocycles. The van der Waals surface area contributed by atoms with Gasteiger partial charge in [-0.2, -0.15) is 0 Å². The molecule has 0 amide bonds. The van der Waals surface area contributed by atoms with Gasteiger partial charge in [-0.15, -0.1) is 0 Å². The van der Waals surface area contributed by atoms with Gasteiger partial charge in [-0.3, -0.25) is 0 Å². The lowest BCUT2D eigenvalue weighted by atomic mass is 10.0. The average molecular weight is 260 g/mol. The summed E-state index contributed by atoms with van der Waals surface area (Å²) in [5, 5.41) is 3.54. The Morgan fingerprint density at radius 1 is 1.47 bits per heavy atom. The second-order valence-corrected chi connectivity index (χ2v) is 4.28. The van der Waals surface area contributed by atoms with Gasteiger partial charge in [-0.25, -0.2) is 4.39 Å². The minimum absolute atomic E-state index is 0.00715. The summed E-state index contributed by atoms with van der Waals surface area (Å²) in [4.78, 5) is 0. The molecule has 0 heterocycles. The fourth-order valence-corrected chi connectivity index (χ4v) is 1.93. The Morgan fingerprint density at radius 2 is 2.24 bits per heavy atom. The van der Waals surface area contributed by atoms with Crippen LogP contribution in [0.25, 0.3) is 0 Å². The Morgan fingerprint density at radius 3 is 2.82 bits per heavy atom. The first-order valence-corrected chi connectivity index (χ1v) is 6.26. The van der Waals surface area contributed by atoms with E-state index in [-0.39, 0.29) is 11.9 Å². The van der Waals surface area contributed by atoms with Gasteiger partial charge in [-0.1, -0.05) is 17.7 Å². The van der Waals surface area contributed by atoms with Crippen LogP contribution in [0.5, 0.6) is 0 Å². The first-order valence-electron chi connectivity index (χ1n) is 5.89. The van der Waals surface area contributed by atoms with E-state index in [9.17, 15) is 4.39 Å². The summed E-state index contributed by atoms with van der Waals surface area (Å²) in [6.07, 6.45) is 1.75. The molecule has 1 aromatic carbocycles. The van der Waals surface area contributed by atoms with E-state index in [1.54, 1.807) is 12.1 Å². The van der Waals surface area contributed by atoms with Gasteiger partial charge in [0, 0.05) is 29.8 Å². The van der Waals surface area contributed by atoms with Gasteiger partial charge in [0.15, 0.2) is 0 Å². The number of benzene rings is 1. The van der Waals surface area contributed by atoms with Crippen molar-refractivity contribution in [3.05, 3.63) is 34.6 Å². The standard InChI is InChI=1S/C13H19ClFNO/c1-3-17-8-4-5-13(16-2)11-7-6-10(14)9-12(11)15/h6-7,9,13,16H,3-5,8H2,1-2H3. The van der Waals surface area contributed by atoms with Crippen molar-refractivity contribution in [2.75, 3.05) is 20.3 Å². The summed E-state index contributed by atoms with van der Waals surface area (Å²) in [5.41, 5.74) is 0.661. The summed E-state index contributed by atoms with van der Waals surface area (Å²) in [7, 11) is 1.83. The average Bonchev–Trinajstić information content (AvgIpc) is 2.31. The topological polar surface area (TPSA) is 21.3 Å². The number of hydrogen-bond acceptors (Lipinski definition) is 2. The third-order valence-corrected chi connectivity index (χ3v) is 2.91. The van der Waals surface area contributed by atoms with Gasteiger partial charge in [0.1, 0.15) is 5.82 Å². The van der Waals surface area contributed by atoms with Gasteiger partial charge in [0.25, 0.3) is 0 Å². The van der Waals surface area contributed by atoms with Crippen molar-refractivity contribution >= 4 is 11.6 Å². The molecule has 0 aromatic heterocycles. The van der Waals surface area contributed by atoms with E-state index in [0.717, 1.165) is 19.4 Å². The molecule has 0 fully saturated rings. The highest BCUT2D eigenvalue weighted by atomic mass is 35.5. The number of rotatable bonds is 7. The predicted octanol–water partition coefficient (Wildman–Crippen LogP) is 3.56. The fourth-order valence-electron chi connectivity index (χ4n) is 1.77. The van der Waals surface area contributed by atoms with E-state index in [1.807, 2.05) is 14.0 Å². The molecule has 0 spiro atoms. The van der Waals surface area contributed by atoms with Crippen LogP contribution in [0.1, 0.15) is 31.4 Å². The van der Waals surface area contributed by atoms with E-state index in [0.29, 0.717) is 17.2 Å². The zero-order valence-electron chi connectivity index (χ0n) is 10.3. The highest BCUT2D eigenvalue weighted by Gasteiger charge is 2.13. The molecule has 1 aromatic rings. The molecular weight excluding hydrogens is 241 g/mol. The Bertz CT molecular complexity index is 346. The van der Waals surface area contributed by atoms with Crippen LogP contribution < -0.4 is 5.32 Å². The van der Waals surface area contributed by atoms with Crippen molar-refractivity contribution in [3.63, 3.8) is 0 Å². The SMILES string of the molecule is CCOCCCC(NC)c1ccc(Cl)cc1F. The fraction of sp³-hybridized carbons (Fsp3) is 0.538.